The Balaban J connectivity index is 2.99. The second kappa shape index (κ2) is 19.8. The fraction of sp³-hybridized carbons (Fsp3) is 0.857. The topological polar surface area (TPSA) is 233 Å². The smallest absolute Gasteiger partial charge is 0.303 e. The average Bonchev–Trinajstić information content (AvgIpc) is 2.90. The van der Waals surface area contributed by atoms with E-state index in [0.29, 0.717) is 58.3 Å². The summed E-state index contributed by atoms with van der Waals surface area (Å²) in [6.45, 7) is 11.1. The molecule has 1 aliphatic heterocycles. The maximum atomic E-state index is 12.7. The number of carboxylic acids is 2. The van der Waals surface area contributed by atoms with E-state index in [2.05, 4.69) is 52.7 Å². The Morgan fingerprint density at radius 1 is 0.714 bits per heavy atom. The van der Waals surface area contributed by atoms with Gasteiger partial charge in [-0.15, -0.1) is 0 Å². The Morgan fingerprint density at radius 3 is 1.38 bits per heavy atom. The number of carbonyl (C=O) groups excluding carboxylic acids is 2. The molecule has 12 N–H and O–H groups in total. The molecule has 2 amide bonds. The van der Waals surface area contributed by atoms with Gasteiger partial charge in [0.25, 0.3) is 0 Å². The summed E-state index contributed by atoms with van der Waals surface area (Å²) >= 11 is 0. The molecule has 0 aromatic rings. The zero-order valence-electron chi connectivity index (χ0n) is 25.7. The van der Waals surface area contributed by atoms with Gasteiger partial charge in [0.2, 0.25) is 11.8 Å². The Kier molecular flexibility index (Phi) is 17.7. The van der Waals surface area contributed by atoms with E-state index in [9.17, 15) is 19.2 Å². The van der Waals surface area contributed by atoms with E-state index in [0.717, 1.165) is 0 Å². The Bertz CT molecular complexity index is 785. The molecule has 244 valence electrons. The van der Waals surface area contributed by atoms with Crippen molar-refractivity contribution in [2.24, 2.45) is 29.2 Å². The van der Waals surface area contributed by atoms with Crippen molar-refractivity contribution in [1.82, 2.24) is 31.9 Å². The SMILES string of the molecule is CC1CNC[C@](CN)(NC(=O)CCCC(=O)O)CNCC(C(C)C)CNC[C@@](CN)(NC(=O)CCCC(=O)O)CNC1. The van der Waals surface area contributed by atoms with Crippen LogP contribution in [0.15, 0.2) is 0 Å². The number of carbonyl (C=O) groups is 4. The summed E-state index contributed by atoms with van der Waals surface area (Å²) in [5, 5.41) is 37.9. The minimum Gasteiger partial charge on any atom is -0.481 e. The number of carboxylic acid groups (broad SMARTS) is 2. The van der Waals surface area contributed by atoms with Gasteiger partial charge in [0.15, 0.2) is 0 Å². The number of nitrogens with two attached hydrogens (primary N) is 2. The molecule has 1 saturated heterocycles. The molecule has 1 fully saturated rings. The molecule has 0 radical (unpaired) electrons. The number of aliphatic carboxylic acids is 2. The highest BCUT2D eigenvalue weighted by Crippen LogP contribution is 2.12. The van der Waals surface area contributed by atoms with Gasteiger partial charge < -0.3 is 53.6 Å². The highest BCUT2D eigenvalue weighted by Gasteiger charge is 2.33. The van der Waals surface area contributed by atoms with Gasteiger partial charge in [-0.25, -0.2) is 0 Å². The van der Waals surface area contributed by atoms with Crippen molar-refractivity contribution in [2.45, 2.75) is 70.4 Å². The van der Waals surface area contributed by atoms with Crippen LogP contribution in [0.2, 0.25) is 0 Å². The van der Waals surface area contributed by atoms with Gasteiger partial charge in [0.1, 0.15) is 0 Å². The van der Waals surface area contributed by atoms with Crippen LogP contribution in [-0.4, -0.2) is 110 Å². The van der Waals surface area contributed by atoms with Gasteiger partial charge in [-0.3, -0.25) is 19.2 Å². The first-order valence-electron chi connectivity index (χ1n) is 15.1. The van der Waals surface area contributed by atoms with Gasteiger partial charge in [0, 0.05) is 65.0 Å². The Morgan fingerprint density at radius 2 is 1.07 bits per heavy atom. The van der Waals surface area contributed by atoms with Gasteiger partial charge in [-0.2, -0.15) is 0 Å². The molecule has 1 rings (SSSR count). The fourth-order valence-electron chi connectivity index (χ4n) is 4.93. The van der Waals surface area contributed by atoms with E-state index in [1.807, 2.05) is 0 Å². The van der Waals surface area contributed by atoms with Gasteiger partial charge in [-0.05, 0) is 56.8 Å². The van der Waals surface area contributed by atoms with Crippen LogP contribution in [-0.2, 0) is 19.2 Å². The number of nitrogens with one attached hydrogen (secondary N) is 6. The molecule has 0 unspecified atom stereocenters. The molecular weight excluding hydrogens is 544 g/mol. The fourth-order valence-corrected chi connectivity index (χ4v) is 4.93. The average molecular weight is 601 g/mol. The van der Waals surface area contributed by atoms with E-state index in [1.54, 1.807) is 0 Å². The zero-order valence-corrected chi connectivity index (χ0v) is 25.7. The van der Waals surface area contributed by atoms with E-state index < -0.39 is 23.0 Å². The number of hydrogen-bond donors (Lipinski definition) is 10. The first-order chi connectivity index (χ1) is 19.9. The lowest BCUT2D eigenvalue weighted by molar-refractivity contribution is -0.138. The number of hydrogen-bond acceptors (Lipinski definition) is 10. The monoisotopic (exact) mass is 600 g/mol. The minimum atomic E-state index is -0.929. The Hall–Kier alpha value is -2.36. The molecule has 2 atom stereocenters. The van der Waals surface area contributed by atoms with Crippen molar-refractivity contribution < 1.29 is 29.4 Å². The molecule has 1 aliphatic rings. The lowest BCUT2D eigenvalue weighted by Gasteiger charge is -2.37. The van der Waals surface area contributed by atoms with E-state index in [-0.39, 0.29) is 75.3 Å². The van der Waals surface area contributed by atoms with Crippen molar-refractivity contribution in [3.63, 3.8) is 0 Å². The van der Waals surface area contributed by atoms with Crippen molar-refractivity contribution in [2.75, 3.05) is 65.4 Å². The molecule has 14 heteroatoms. The van der Waals surface area contributed by atoms with Crippen LogP contribution >= 0.6 is 0 Å². The summed E-state index contributed by atoms with van der Waals surface area (Å²) in [4.78, 5) is 47.1. The molecule has 0 saturated carbocycles. The van der Waals surface area contributed by atoms with Crippen molar-refractivity contribution in [1.29, 1.82) is 0 Å². The third-order valence-electron chi connectivity index (χ3n) is 7.77. The molecule has 0 bridgehead atoms. The summed E-state index contributed by atoms with van der Waals surface area (Å²) in [6, 6.07) is 0. The normalized spacial score (nSPS) is 26.8. The molecule has 0 aromatic heterocycles. The van der Waals surface area contributed by atoms with Crippen molar-refractivity contribution >= 4 is 23.8 Å². The summed E-state index contributed by atoms with van der Waals surface area (Å²) in [5.74, 6) is -1.55. The van der Waals surface area contributed by atoms with Gasteiger partial charge in [-0.1, -0.05) is 20.8 Å². The molecule has 42 heavy (non-hydrogen) atoms. The lowest BCUT2D eigenvalue weighted by atomic mass is 9.93. The van der Waals surface area contributed by atoms with Crippen LogP contribution in [0.25, 0.3) is 0 Å². The van der Waals surface area contributed by atoms with Crippen LogP contribution in [0, 0.1) is 17.8 Å². The molecule has 0 aromatic carbocycles. The largest absolute Gasteiger partial charge is 0.481 e. The maximum absolute atomic E-state index is 12.7. The maximum Gasteiger partial charge on any atom is 0.303 e. The van der Waals surface area contributed by atoms with Gasteiger partial charge in [0.05, 0.1) is 11.1 Å². The lowest BCUT2D eigenvalue weighted by Crippen LogP contribution is -2.66. The molecule has 0 aliphatic carbocycles. The zero-order chi connectivity index (χ0) is 31.6. The molecule has 14 nitrogen and oxygen atoms in total. The highest BCUT2D eigenvalue weighted by molar-refractivity contribution is 5.78. The summed E-state index contributed by atoms with van der Waals surface area (Å²) in [5.41, 5.74) is 11.0. The number of amides is 2. The quantitative estimate of drug-likeness (QED) is 0.115. The van der Waals surface area contributed by atoms with Crippen LogP contribution in [0.5, 0.6) is 0 Å². The van der Waals surface area contributed by atoms with Crippen LogP contribution in [0.4, 0.5) is 0 Å². The minimum absolute atomic E-state index is 0.0625. The third kappa shape index (κ3) is 15.2. The van der Waals surface area contributed by atoms with Crippen LogP contribution < -0.4 is 43.4 Å². The van der Waals surface area contributed by atoms with Crippen LogP contribution in [0.3, 0.4) is 0 Å². The third-order valence-corrected chi connectivity index (χ3v) is 7.77. The van der Waals surface area contributed by atoms with Crippen molar-refractivity contribution in [3.8, 4) is 0 Å². The molecule has 0 spiro atoms. The summed E-state index contributed by atoms with van der Waals surface area (Å²) in [6.07, 6.45) is 0.636. The number of rotatable bonds is 13. The Labute approximate surface area is 250 Å². The predicted octanol–water partition coefficient (Wildman–Crippen LogP) is -1.60. The highest BCUT2D eigenvalue weighted by atomic mass is 16.4. The van der Waals surface area contributed by atoms with Crippen LogP contribution in [0.1, 0.15) is 59.3 Å². The molecule has 1 heterocycles. The first-order valence-corrected chi connectivity index (χ1v) is 15.1. The summed E-state index contributed by atoms with van der Waals surface area (Å²) < 4.78 is 0. The predicted molar refractivity (Wildman–Crippen MR) is 162 cm³/mol. The van der Waals surface area contributed by atoms with E-state index in [4.69, 9.17) is 21.7 Å². The van der Waals surface area contributed by atoms with E-state index in [1.165, 1.54) is 0 Å². The second-order valence-electron chi connectivity index (χ2n) is 12.2. The molecular formula is C28H56N8O6. The first kappa shape index (κ1) is 37.7. The van der Waals surface area contributed by atoms with Gasteiger partial charge >= 0.3 is 11.9 Å². The second-order valence-corrected chi connectivity index (χ2v) is 12.2. The van der Waals surface area contributed by atoms with E-state index >= 15 is 0 Å². The summed E-state index contributed by atoms with van der Waals surface area (Å²) in [7, 11) is 0. The standard InChI is InChI=1S/C28H56N8O6/c1-20(2)22-12-33-18-27(14-29,35-23(37)6-4-8-25(39)40)16-31-10-21(3)11-32-17-28(15-30,19-34-13-22)36-24(38)7-5-9-26(41)42/h20-22,31-34H,4-19,29-30H2,1-3H3,(H,35,37)(H,36,38)(H,39,40)(H,41,42)/t21?,22?,27-,28-/m0/s1. The van der Waals surface area contributed by atoms with Crippen molar-refractivity contribution in [3.05, 3.63) is 0 Å².